The van der Waals surface area contributed by atoms with Crippen molar-refractivity contribution in [3.63, 3.8) is 0 Å². The molecule has 0 aromatic carbocycles. The Morgan fingerprint density at radius 2 is 1.78 bits per heavy atom. The van der Waals surface area contributed by atoms with Crippen molar-refractivity contribution >= 4 is 45.0 Å². The van der Waals surface area contributed by atoms with Gasteiger partial charge in [0.05, 0.1) is 12.9 Å². The van der Waals surface area contributed by atoms with Crippen molar-refractivity contribution in [2.45, 2.75) is 49.0 Å². The van der Waals surface area contributed by atoms with E-state index in [9.17, 15) is 38.6 Å². The number of rotatable bonds is 11. The topological polar surface area (TPSA) is 388 Å². The van der Waals surface area contributed by atoms with Gasteiger partial charge < -0.3 is 65.7 Å². The van der Waals surface area contributed by atoms with Crippen LogP contribution in [0.4, 0.5) is 5.95 Å². The Hall–Kier alpha value is -2.73. The number of phosphoric acid groups is 2. The fourth-order valence-electron chi connectivity index (χ4n) is 3.17. The summed E-state index contributed by atoms with van der Waals surface area (Å²) >= 11 is 0. The number of nitrogens with zero attached hydrogens (tertiary/aromatic N) is 3. The van der Waals surface area contributed by atoms with E-state index in [1.54, 1.807) is 0 Å². The number of phosphoric ester groups is 1. The zero-order valence-corrected chi connectivity index (χ0v) is 21.8. The standard InChI is InChI=1S/C10H15N5O11P2.C6H10O7/c11-10-13-7-4(8(18)14-10)12-2-15(7)9-6(17)5(16)3(25-9)1-24-28(22,23)26-27(19,20)21;7-1-2(8)3(9)4(10)5(11)6(12)13/h2-3,5-6,9,16-17H,1H2,(H,22,23)(H2,19,20,21)(H3,11,13,14,18);1-5,8-11H,(H,12,13)/t3-,5-,6-,9-;2-,3+,4-,5-/m10/s1. The molecule has 0 saturated carbocycles. The number of carboxylic acid groups (broad SMARTS) is 1. The average molecular weight is 637 g/mol. The number of anilines is 1. The highest BCUT2D eigenvalue weighted by atomic mass is 31.3. The molecule has 23 nitrogen and oxygen atoms in total. The molecule has 9 atom stereocenters. The van der Waals surface area contributed by atoms with Gasteiger partial charge in [-0.25, -0.2) is 18.9 Å². The number of aliphatic hydroxyl groups excluding tert-OH is 6. The van der Waals surface area contributed by atoms with Gasteiger partial charge in [0.2, 0.25) is 5.95 Å². The Balaban J connectivity index is 0.000000383. The summed E-state index contributed by atoms with van der Waals surface area (Å²) < 4.78 is 36.6. The Kier molecular flexibility index (Phi) is 11.3. The van der Waals surface area contributed by atoms with Gasteiger partial charge in [0, 0.05) is 0 Å². The van der Waals surface area contributed by atoms with Crippen LogP contribution >= 0.6 is 15.6 Å². The van der Waals surface area contributed by atoms with Gasteiger partial charge in [-0.2, -0.15) is 9.29 Å². The number of aliphatic hydroxyl groups is 6. The van der Waals surface area contributed by atoms with Gasteiger partial charge in [0.1, 0.15) is 36.6 Å². The average Bonchev–Trinajstić information content (AvgIpc) is 3.40. The second kappa shape index (κ2) is 13.5. The number of hydrogen-bond donors (Lipinski definition) is 12. The molecule has 25 heteroatoms. The van der Waals surface area contributed by atoms with E-state index < -0.39 is 82.7 Å². The quantitative estimate of drug-likeness (QED) is 0.0806. The van der Waals surface area contributed by atoms with Crippen molar-refractivity contribution in [3.05, 3.63) is 16.7 Å². The molecule has 0 bridgehead atoms. The van der Waals surface area contributed by atoms with E-state index in [1.165, 1.54) is 0 Å². The number of carboxylic acids is 1. The van der Waals surface area contributed by atoms with Gasteiger partial charge in [-0.15, -0.1) is 0 Å². The third kappa shape index (κ3) is 8.88. The summed E-state index contributed by atoms with van der Waals surface area (Å²) in [4.78, 5) is 68.0. The fourth-order valence-corrected chi connectivity index (χ4v) is 4.77. The van der Waals surface area contributed by atoms with Crippen molar-refractivity contribution in [1.82, 2.24) is 19.5 Å². The first-order valence-corrected chi connectivity index (χ1v) is 13.7. The van der Waals surface area contributed by atoms with Gasteiger partial charge >= 0.3 is 21.6 Å². The van der Waals surface area contributed by atoms with Crippen LogP contribution in [0, 0.1) is 0 Å². The molecule has 0 spiro atoms. The van der Waals surface area contributed by atoms with Crippen LogP contribution in [0.2, 0.25) is 0 Å². The van der Waals surface area contributed by atoms with Gasteiger partial charge in [-0.1, -0.05) is 0 Å². The molecular weight excluding hydrogens is 612 g/mol. The molecular formula is C16H25N5O18P2. The second-order valence-corrected chi connectivity index (χ2v) is 10.9. The second-order valence-electron chi connectivity index (χ2n) is 8.05. The van der Waals surface area contributed by atoms with E-state index in [4.69, 9.17) is 45.8 Å². The van der Waals surface area contributed by atoms with Crippen LogP contribution in [0.1, 0.15) is 6.23 Å². The van der Waals surface area contributed by atoms with E-state index in [1.807, 2.05) is 0 Å². The zero-order valence-electron chi connectivity index (χ0n) is 20.0. The van der Waals surface area contributed by atoms with Crippen LogP contribution in [0.3, 0.4) is 0 Å². The molecule has 0 aliphatic carbocycles. The summed E-state index contributed by atoms with van der Waals surface area (Å²) in [5.74, 6) is -1.99. The maximum absolute atomic E-state index is 11.8. The van der Waals surface area contributed by atoms with E-state index in [-0.39, 0.29) is 23.4 Å². The van der Waals surface area contributed by atoms with Crippen LogP contribution < -0.4 is 11.3 Å². The molecule has 232 valence electrons. The molecule has 1 saturated heterocycles. The number of nitrogens with two attached hydrogens (primary N) is 1. The number of fused-ring (bicyclic) bond motifs is 1. The summed E-state index contributed by atoms with van der Waals surface area (Å²) in [5.41, 5.74) is 4.65. The maximum Gasteiger partial charge on any atom is 0.481 e. The summed E-state index contributed by atoms with van der Waals surface area (Å²) in [7, 11) is -10.5. The number of H-pyrrole nitrogens is 1. The first-order valence-electron chi connectivity index (χ1n) is 10.7. The molecule has 1 fully saturated rings. The van der Waals surface area contributed by atoms with Gasteiger partial charge in [-0.05, 0) is 0 Å². The van der Waals surface area contributed by atoms with Crippen molar-refractivity contribution in [2.24, 2.45) is 0 Å². The lowest BCUT2D eigenvalue weighted by molar-refractivity contribution is -0.163. The molecule has 13 N–H and O–H groups in total. The van der Waals surface area contributed by atoms with E-state index in [0.717, 1.165) is 10.9 Å². The number of nitrogens with one attached hydrogen (secondary N) is 1. The van der Waals surface area contributed by atoms with Gasteiger partial charge in [-0.3, -0.25) is 18.9 Å². The van der Waals surface area contributed by atoms with Crippen LogP contribution in [0.5, 0.6) is 0 Å². The van der Waals surface area contributed by atoms with Crippen molar-refractivity contribution in [2.75, 3.05) is 12.3 Å². The number of aromatic nitrogens is 4. The van der Waals surface area contributed by atoms with E-state index >= 15 is 0 Å². The Morgan fingerprint density at radius 3 is 2.32 bits per heavy atom. The number of imidazole rings is 1. The number of ether oxygens (including phenoxy) is 1. The molecule has 3 heterocycles. The number of hydrogen-bond acceptors (Lipinski definition) is 17. The SMILES string of the molecule is Nc1nc2c(ncn2[C@@H]2O[C@H](COP(=O)(O)OP(=O)(O)O)[C@@H](O)[C@H]2O)c(=O)[nH]1.O=C[C@H](O)[C@@H](O)[C@H](O)[C@H](O)C(=O)O. The minimum atomic E-state index is -5.32. The maximum atomic E-state index is 11.8. The van der Waals surface area contributed by atoms with E-state index in [2.05, 4.69) is 23.8 Å². The largest absolute Gasteiger partial charge is 0.481 e. The number of aldehydes is 1. The zero-order chi connectivity index (χ0) is 31.4. The predicted octanol–water partition coefficient (Wildman–Crippen LogP) is -5.74. The molecule has 2 aromatic rings. The third-order valence-electron chi connectivity index (χ3n) is 5.09. The lowest BCUT2D eigenvalue weighted by Crippen LogP contribution is -2.48. The van der Waals surface area contributed by atoms with E-state index in [0.29, 0.717) is 0 Å². The van der Waals surface area contributed by atoms with Crippen LogP contribution in [-0.2, 0) is 32.3 Å². The van der Waals surface area contributed by atoms with Crippen LogP contribution in [0.25, 0.3) is 11.2 Å². The smallest absolute Gasteiger partial charge is 0.479 e. The summed E-state index contributed by atoms with van der Waals surface area (Å²) in [6.07, 6.45) is -13.3. The number of carbonyl (C=O) groups excluding carboxylic acids is 1. The summed E-state index contributed by atoms with van der Waals surface area (Å²) in [6.45, 7) is -0.870. The lowest BCUT2D eigenvalue weighted by atomic mass is 10.0. The predicted molar refractivity (Wildman–Crippen MR) is 125 cm³/mol. The first kappa shape index (κ1) is 34.5. The fraction of sp³-hybridized carbons (Fsp3) is 0.562. The number of aromatic amines is 1. The number of nitrogen functional groups attached to an aromatic ring is 1. The van der Waals surface area contributed by atoms with Gasteiger partial charge in [0.15, 0.2) is 29.8 Å². The highest BCUT2D eigenvalue weighted by Crippen LogP contribution is 2.57. The van der Waals surface area contributed by atoms with Crippen molar-refractivity contribution < 1.29 is 82.7 Å². The molecule has 1 unspecified atom stereocenters. The Morgan fingerprint density at radius 1 is 1.17 bits per heavy atom. The summed E-state index contributed by atoms with van der Waals surface area (Å²) in [5, 5.41) is 63.5. The molecule has 0 radical (unpaired) electrons. The van der Waals surface area contributed by atoms with Crippen molar-refractivity contribution in [3.8, 4) is 0 Å². The first-order chi connectivity index (χ1) is 18.8. The monoisotopic (exact) mass is 637 g/mol. The van der Waals surface area contributed by atoms with Crippen LogP contribution in [-0.4, -0.2) is 132 Å². The third-order valence-corrected chi connectivity index (χ3v) is 7.24. The molecule has 2 aromatic heterocycles. The molecule has 0 amide bonds. The molecule has 1 aliphatic rings. The number of aliphatic carboxylic acids is 1. The molecule has 41 heavy (non-hydrogen) atoms. The van der Waals surface area contributed by atoms with Crippen molar-refractivity contribution in [1.29, 1.82) is 0 Å². The molecule has 1 aliphatic heterocycles. The number of carbonyl (C=O) groups is 2. The minimum absolute atomic E-state index is 0.0586. The minimum Gasteiger partial charge on any atom is -0.479 e. The molecule has 3 rings (SSSR count). The Labute approximate surface area is 225 Å². The van der Waals surface area contributed by atoms with Crippen LogP contribution in [0.15, 0.2) is 11.1 Å². The highest BCUT2D eigenvalue weighted by molar-refractivity contribution is 7.60. The van der Waals surface area contributed by atoms with Gasteiger partial charge in [0.25, 0.3) is 5.56 Å². The summed E-state index contributed by atoms with van der Waals surface area (Å²) in [6, 6.07) is 0. The normalized spacial score (nSPS) is 25.4. The highest BCUT2D eigenvalue weighted by Gasteiger charge is 2.46. The lowest BCUT2D eigenvalue weighted by Gasteiger charge is -2.21. The Bertz CT molecular complexity index is 1380.